The van der Waals surface area contributed by atoms with Gasteiger partial charge in [-0.25, -0.2) is 0 Å². The van der Waals surface area contributed by atoms with Gasteiger partial charge in [0, 0.05) is 19.1 Å². The number of carboxylic acids is 1. The van der Waals surface area contributed by atoms with E-state index in [9.17, 15) is 4.79 Å². The van der Waals surface area contributed by atoms with Crippen LogP contribution in [0.5, 0.6) is 0 Å². The minimum atomic E-state index is -0.700. The lowest BCUT2D eigenvalue weighted by atomic mass is 10.0. The average molecular weight is 242 g/mol. The van der Waals surface area contributed by atoms with Crippen LogP contribution in [0.2, 0.25) is 0 Å². The van der Waals surface area contributed by atoms with E-state index < -0.39 is 5.97 Å². The standard InChI is InChI=1S/C13H26N2O2/c1-11(2)10-15-8-4-12(5-9-15)14(3)7-6-13(16)17/h11-12H,4-10H2,1-3H3,(H,16,17). The highest BCUT2D eigenvalue weighted by Gasteiger charge is 2.22. The Morgan fingerprint density at radius 3 is 2.47 bits per heavy atom. The first-order chi connectivity index (χ1) is 7.99. The van der Waals surface area contributed by atoms with Crippen LogP contribution in [0.3, 0.4) is 0 Å². The molecule has 0 unspecified atom stereocenters. The van der Waals surface area contributed by atoms with Gasteiger partial charge in [-0.05, 0) is 38.9 Å². The van der Waals surface area contributed by atoms with Gasteiger partial charge in [-0.1, -0.05) is 13.8 Å². The van der Waals surface area contributed by atoms with Crippen molar-refractivity contribution in [3.05, 3.63) is 0 Å². The monoisotopic (exact) mass is 242 g/mol. The van der Waals surface area contributed by atoms with E-state index in [4.69, 9.17) is 5.11 Å². The number of likely N-dealkylation sites (tertiary alicyclic amines) is 1. The van der Waals surface area contributed by atoms with Crippen LogP contribution in [-0.4, -0.2) is 60.1 Å². The summed E-state index contributed by atoms with van der Waals surface area (Å²) in [4.78, 5) is 15.3. The molecule has 1 fully saturated rings. The van der Waals surface area contributed by atoms with Crippen LogP contribution >= 0.6 is 0 Å². The molecule has 0 aromatic heterocycles. The fourth-order valence-electron chi connectivity index (χ4n) is 2.51. The molecule has 0 atom stereocenters. The molecule has 0 aromatic rings. The Morgan fingerprint density at radius 1 is 1.41 bits per heavy atom. The van der Waals surface area contributed by atoms with Crippen LogP contribution in [0.15, 0.2) is 0 Å². The summed E-state index contributed by atoms with van der Waals surface area (Å²) in [6.45, 7) is 8.67. The molecule has 0 spiro atoms. The zero-order valence-electron chi connectivity index (χ0n) is 11.4. The maximum atomic E-state index is 10.5. The zero-order valence-corrected chi connectivity index (χ0v) is 11.4. The van der Waals surface area contributed by atoms with E-state index in [-0.39, 0.29) is 6.42 Å². The molecule has 0 aromatic carbocycles. The third kappa shape index (κ3) is 5.50. The van der Waals surface area contributed by atoms with E-state index in [0.717, 1.165) is 19.0 Å². The first kappa shape index (κ1) is 14.5. The van der Waals surface area contributed by atoms with Gasteiger partial charge in [-0.2, -0.15) is 0 Å². The second kappa shape index (κ2) is 6.97. The molecule has 0 saturated carbocycles. The van der Waals surface area contributed by atoms with Crippen LogP contribution in [0.25, 0.3) is 0 Å². The second-order valence-corrected chi connectivity index (χ2v) is 5.55. The summed E-state index contributed by atoms with van der Waals surface area (Å²) in [5.41, 5.74) is 0. The van der Waals surface area contributed by atoms with Crippen LogP contribution in [0.1, 0.15) is 33.1 Å². The van der Waals surface area contributed by atoms with Crippen molar-refractivity contribution in [3.63, 3.8) is 0 Å². The van der Waals surface area contributed by atoms with Crippen molar-refractivity contribution in [2.75, 3.05) is 33.2 Å². The Kier molecular flexibility index (Phi) is 5.92. The Hall–Kier alpha value is -0.610. The molecule has 4 heteroatoms. The van der Waals surface area contributed by atoms with Gasteiger partial charge in [0.05, 0.1) is 6.42 Å². The predicted octanol–water partition coefficient (Wildman–Crippen LogP) is 1.51. The van der Waals surface area contributed by atoms with Gasteiger partial charge >= 0.3 is 5.97 Å². The molecule has 4 nitrogen and oxygen atoms in total. The van der Waals surface area contributed by atoms with Crippen molar-refractivity contribution in [1.29, 1.82) is 0 Å². The summed E-state index contributed by atoms with van der Waals surface area (Å²) >= 11 is 0. The zero-order chi connectivity index (χ0) is 12.8. The molecule has 0 aliphatic carbocycles. The summed E-state index contributed by atoms with van der Waals surface area (Å²) in [5, 5.41) is 8.67. The second-order valence-electron chi connectivity index (χ2n) is 5.55. The molecule has 1 rings (SSSR count). The Morgan fingerprint density at radius 2 is 2.00 bits per heavy atom. The van der Waals surface area contributed by atoms with Gasteiger partial charge < -0.3 is 14.9 Å². The third-order valence-corrected chi connectivity index (χ3v) is 3.48. The SMILES string of the molecule is CC(C)CN1CCC(N(C)CCC(=O)O)CC1. The van der Waals surface area contributed by atoms with Gasteiger partial charge in [0.1, 0.15) is 0 Å². The lowest BCUT2D eigenvalue weighted by molar-refractivity contribution is -0.137. The predicted molar refractivity (Wildman–Crippen MR) is 69.2 cm³/mol. The van der Waals surface area contributed by atoms with Crippen LogP contribution in [0, 0.1) is 5.92 Å². The summed E-state index contributed by atoms with van der Waals surface area (Å²) < 4.78 is 0. The van der Waals surface area contributed by atoms with Gasteiger partial charge in [0.25, 0.3) is 0 Å². The molecule has 0 bridgehead atoms. The van der Waals surface area contributed by atoms with Crippen LogP contribution < -0.4 is 0 Å². The lowest BCUT2D eigenvalue weighted by Gasteiger charge is -2.37. The number of piperidine rings is 1. The summed E-state index contributed by atoms with van der Waals surface area (Å²) in [7, 11) is 2.05. The molecule has 100 valence electrons. The number of nitrogens with zero attached hydrogens (tertiary/aromatic N) is 2. The first-order valence-corrected chi connectivity index (χ1v) is 6.63. The Bertz CT molecular complexity index is 236. The number of carboxylic acid groups (broad SMARTS) is 1. The molecule has 1 aliphatic heterocycles. The molecular formula is C13H26N2O2. The minimum absolute atomic E-state index is 0.253. The number of carbonyl (C=O) groups is 1. The number of hydrogen-bond acceptors (Lipinski definition) is 3. The first-order valence-electron chi connectivity index (χ1n) is 6.63. The highest BCUT2D eigenvalue weighted by Crippen LogP contribution is 2.16. The molecule has 1 N–H and O–H groups in total. The maximum absolute atomic E-state index is 10.5. The summed E-state index contributed by atoms with van der Waals surface area (Å²) in [6, 6.07) is 0.567. The number of aliphatic carboxylic acids is 1. The van der Waals surface area contributed by atoms with Crippen molar-refractivity contribution in [3.8, 4) is 0 Å². The molecule has 17 heavy (non-hydrogen) atoms. The van der Waals surface area contributed by atoms with Crippen LogP contribution in [-0.2, 0) is 4.79 Å². The van der Waals surface area contributed by atoms with Crippen molar-refractivity contribution < 1.29 is 9.90 Å². The van der Waals surface area contributed by atoms with E-state index >= 15 is 0 Å². The van der Waals surface area contributed by atoms with Crippen LogP contribution in [0.4, 0.5) is 0 Å². The summed E-state index contributed by atoms with van der Waals surface area (Å²) in [6.07, 6.45) is 2.59. The van der Waals surface area contributed by atoms with E-state index in [1.807, 2.05) is 7.05 Å². The van der Waals surface area contributed by atoms with Crippen molar-refractivity contribution in [1.82, 2.24) is 9.80 Å². The lowest BCUT2D eigenvalue weighted by Crippen LogP contribution is -2.44. The van der Waals surface area contributed by atoms with Crippen molar-refractivity contribution in [2.24, 2.45) is 5.92 Å². The van der Waals surface area contributed by atoms with Gasteiger partial charge in [0.15, 0.2) is 0 Å². The smallest absolute Gasteiger partial charge is 0.304 e. The fourth-order valence-corrected chi connectivity index (χ4v) is 2.51. The molecule has 0 amide bonds. The van der Waals surface area contributed by atoms with E-state index in [1.54, 1.807) is 0 Å². The number of hydrogen-bond donors (Lipinski definition) is 1. The van der Waals surface area contributed by atoms with Gasteiger partial charge in [0.2, 0.25) is 0 Å². The molecular weight excluding hydrogens is 216 g/mol. The van der Waals surface area contributed by atoms with Crippen molar-refractivity contribution >= 4 is 5.97 Å². The quantitative estimate of drug-likeness (QED) is 0.767. The topological polar surface area (TPSA) is 43.8 Å². The van der Waals surface area contributed by atoms with E-state index in [2.05, 4.69) is 23.6 Å². The minimum Gasteiger partial charge on any atom is -0.481 e. The average Bonchev–Trinajstić information content (AvgIpc) is 2.26. The number of rotatable bonds is 6. The molecule has 1 saturated heterocycles. The highest BCUT2D eigenvalue weighted by atomic mass is 16.4. The Labute approximate surface area is 105 Å². The summed E-state index contributed by atoms with van der Waals surface area (Å²) in [5.74, 6) is 0.0328. The Balaban J connectivity index is 2.23. The molecule has 1 aliphatic rings. The third-order valence-electron chi connectivity index (χ3n) is 3.48. The van der Waals surface area contributed by atoms with Gasteiger partial charge in [-0.3, -0.25) is 4.79 Å². The highest BCUT2D eigenvalue weighted by molar-refractivity contribution is 5.66. The maximum Gasteiger partial charge on any atom is 0.304 e. The fraction of sp³-hybridized carbons (Fsp3) is 0.923. The van der Waals surface area contributed by atoms with Crippen molar-refractivity contribution in [2.45, 2.75) is 39.2 Å². The largest absolute Gasteiger partial charge is 0.481 e. The van der Waals surface area contributed by atoms with Gasteiger partial charge in [-0.15, -0.1) is 0 Å². The molecule has 0 radical (unpaired) electrons. The normalized spacial score (nSPS) is 19.1. The van der Waals surface area contributed by atoms with E-state index in [0.29, 0.717) is 12.6 Å². The van der Waals surface area contributed by atoms with E-state index in [1.165, 1.54) is 19.4 Å². The molecule has 1 heterocycles.